The summed E-state index contributed by atoms with van der Waals surface area (Å²) in [5.41, 5.74) is 0.375. The van der Waals surface area contributed by atoms with Crippen LogP contribution in [0.5, 0.6) is 5.75 Å². The summed E-state index contributed by atoms with van der Waals surface area (Å²) in [6, 6.07) is 6.01. The van der Waals surface area contributed by atoms with Crippen LogP contribution < -0.4 is 15.4 Å². The average Bonchev–Trinajstić information content (AvgIpc) is 2.48. The molecular formula is C16H26F3IN4O. The summed E-state index contributed by atoms with van der Waals surface area (Å²) < 4.78 is 41.3. The molecule has 0 radical (unpaired) electrons. The molecule has 0 aromatic heterocycles. The summed E-state index contributed by atoms with van der Waals surface area (Å²) in [6.45, 7) is 4.35. The highest BCUT2D eigenvalue weighted by atomic mass is 127. The minimum atomic E-state index is -4.71. The van der Waals surface area contributed by atoms with Crippen LogP contribution in [0.4, 0.5) is 13.2 Å². The van der Waals surface area contributed by atoms with Gasteiger partial charge in [-0.05, 0) is 40.1 Å². The summed E-state index contributed by atoms with van der Waals surface area (Å²) in [5, 5.41) is 6.23. The van der Waals surface area contributed by atoms with Crippen LogP contribution in [-0.4, -0.2) is 51.0 Å². The highest BCUT2D eigenvalue weighted by Gasteiger charge is 2.31. The topological polar surface area (TPSA) is 48.9 Å². The Bertz CT molecular complexity index is 524. The van der Waals surface area contributed by atoms with E-state index >= 15 is 0 Å². The van der Waals surface area contributed by atoms with Gasteiger partial charge in [0.15, 0.2) is 5.96 Å². The van der Waals surface area contributed by atoms with E-state index in [1.54, 1.807) is 12.1 Å². The number of guanidine groups is 1. The van der Waals surface area contributed by atoms with Gasteiger partial charge in [0.1, 0.15) is 5.75 Å². The first-order valence-corrected chi connectivity index (χ1v) is 7.82. The van der Waals surface area contributed by atoms with Gasteiger partial charge in [-0.1, -0.05) is 18.2 Å². The molecule has 25 heavy (non-hydrogen) atoms. The van der Waals surface area contributed by atoms with E-state index in [0.717, 1.165) is 19.5 Å². The van der Waals surface area contributed by atoms with Crippen LogP contribution in [0.1, 0.15) is 18.9 Å². The number of alkyl halides is 3. The molecule has 0 unspecified atom stereocenters. The van der Waals surface area contributed by atoms with Gasteiger partial charge in [-0.15, -0.1) is 37.1 Å². The first-order valence-electron chi connectivity index (χ1n) is 7.82. The van der Waals surface area contributed by atoms with Crippen LogP contribution in [0, 0.1) is 0 Å². The van der Waals surface area contributed by atoms with E-state index in [1.807, 2.05) is 21.0 Å². The standard InChI is InChI=1S/C16H25F3N4O.HI/c1-4-20-15(21-10-7-11-23(2)3)22-12-13-8-5-6-9-14(13)24-16(17,18)19;/h5-6,8-9H,4,7,10-12H2,1-3H3,(H2,20,21,22);1H. The van der Waals surface area contributed by atoms with Gasteiger partial charge in [0, 0.05) is 18.7 Å². The van der Waals surface area contributed by atoms with E-state index in [-0.39, 0.29) is 36.3 Å². The molecule has 0 aliphatic carbocycles. The Labute approximate surface area is 164 Å². The lowest BCUT2D eigenvalue weighted by molar-refractivity contribution is -0.274. The SMILES string of the molecule is CCNC(=NCc1ccccc1OC(F)(F)F)NCCCN(C)C.I. The van der Waals surface area contributed by atoms with Gasteiger partial charge in [-0.3, -0.25) is 0 Å². The summed E-state index contributed by atoms with van der Waals surface area (Å²) >= 11 is 0. The van der Waals surface area contributed by atoms with Gasteiger partial charge in [-0.2, -0.15) is 0 Å². The fourth-order valence-corrected chi connectivity index (χ4v) is 1.97. The number of nitrogens with one attached hydrogen (secondary N) is 2. The van der Waals surface area contributed by atoms with Gasteiger partial charge < -0.3 is 20.3 Å². The second kappa shape index (κ2) is 12.2. The van der Waals surface area contributed by atoms with Crippen molar-refractivity contribution >= 4 is 29.9 Å². The first-order chi connectivity index (χ1) is 11.3. The van der Waals surface area contributed by atoms with Crippen molar-refractivity contribution in [2.75, 3.05) is 33.7 Å². The van der Waals surface area contributed by atoms with Crippen molar-refractivity contribution in [3.05, 3.63) is 29.8 Å². The molecule has 0 heterocycles. The highest BCUT2D eigenvalue weighted by molar-refractivity contribution is 14.0. The molecule has 144 valence electrons. The van der Waals surface area contributed by atoms with Gasteiger partial charge in [0.2, 0.25) is 0 Å². The summed E-state index contributed by atoms with van der Waals surface area (Å²) in [5.74, 6) is 0.343. The Morgan fingerprint density at radius 2 is 1.88 bits per heavy atom. The summed E-state index contributed by atoms with van der Waals surface area (Å²) in [7, 11) is 3.99. The molecule has 0 saturated heterocycles. The second-order valence-corrected chi connectivity index (χ2v) is 5.43. The van der Waals surface area contributed by atoms with E-state index in [2.05, 4.69) is 25.3 Å². The van der Waals surface area contributed by atoms with Gasteiger partial charge in [-0.25, -0.2) is 4.99 Å². The quantitative estimate of drug-likeness (QED) is 0.263. The first kappa shape index (κ1) is 23.8. The molecule has 1 aromatic rings. The average molecular weight is 474 g/mol. The number of para-hydroxylation sites is 1. The predicted octanol–water partition coefficient (Wildman–Crippen LogP) is 3.21. The van der Waals surface area contributed by atoms with Crippen LogP contribution in [0.15, 0.2) is 29.3 Å². The smallest absolute Gasteiger partial charge is 0.405 e. The number of benzene rings is 1. The molecule has 0 aliphatic rings. The van der Waals surface area contributed by atoms with E-state index in [4.69, 9.17) is 0 Å². The third kappa shape index (κ3) is 11.1. The van der Waals surface area contributed by atoms with Crippen LogP contribution in [0.2, 0.25) is 0 Å². The molecule has 1 aromatic carbocycles. The fourth-order valence-electron chi connectivity index (χ4n) is 1.97. The molecule has 0 bridgehead atoms. The van der Waals surface area contributed by atoms with Crippen molar-refractivity contribution in [1.82, 2.24) is 15.5 Å². The number of ether oxygens (including phenoxy) is 1. The molecule has 2 N–H and O–H groups in total. The van der Waals surface area contributed by atoms with E-state index < -0.39 is 6.36 Å². The Hall–Kier alpha value is -1.23. The van der Waals surface area contributed by atoms with Gasteiger partial charge >= 0.3 is 6.36 Å². The Morgan fingerprint density at radius 3 is 2.48 bits per heavy atom. The Balaban J connectivity index is 0.00000576. The Kier molecular flexibility index (Phi) is 11.6. The maximum atomic E-state index is 12.4. The van der Waals surface area contributed by atoms with Crippen LogP contribution >= 0.6 is 24.0 Å². The maximum Gasteiger partial charge on any atom is 0.573 e. The van der Waals surface area contributed by atoms with Crippen molar-refractivity contribution in [1.29, 1.82) is 0 Å². The number of aliphatic imine (C=N–C) groups is 1. The Morgan fingerprint density at radius 1 is 1.20 bits per heavy atom. The van der Waals surface area contributed by atoms with Crippen molar-refractivity contribution in [3.63, 3.8) is 0 Å². The number of nitrogens with zero attached hydrogens (tertiary/aromatic N) is 2. The summed E-state index contributed by atoms with van der Waals surface area (Å²) in [6.07, 6.45) is -3.78. The maximum absolute atomic E-state index is 12.4. The molecule has 5 nitrogen and oxygen atoms in total. The monoisotopic (exact) mass is 474 g/mol. The lowest BCUT2D eigenvalue weighted by atomic mass is 10.2. The molecule has 1 rings (SSSR count). The van der Waals surface area contributed by atoms with Crippen LogP contribution in [0.3, 0.4) is 0 Å². The van der Waals surface area contributed by atoms with Crippen molar-refractivity contribution in [2.45, 2.75) is 26.3 Å². The molecule has 0 saturated carbocycles. The second-order valence-electron chi connectivity index (χ2n) is 5.43. The third-order valence-corrected chi connectivity index (χ3v) is 3.02. The molecular weight excluding hydrogens is 448 g/mol. The lowest BCUT2D eigenvalue weighted by Gasteiger charge is -2.14. The van der Waals surface area contributed by atoms with Crippen LogP contribution in [-0.2, 0) is 6.54 Å². The fraction of sp³-hybridized carbons (Fsp3) is 0.562. The van der Waals surface area contributed by atoms with Crippen molar-refractivity contribution in [3.8, 4) is 5.75 Å². The summed E-state index contributed by atoms with van der Waals surface area (Å²) in [4.78, 5) is 6.40. The lowest BCUT2D eigenvalue weighted by Crippen LogP contribution is -2.38. The van der Waals surface area contributed by atoms with E-state index in [0.29, 0.717) is 18.1 Å². The zero-order valence-electron chi connectivity index (χ0n) is 14.7. The largest absolute Gasteiger partial charge is 0.573 e. The number of hydrogen-bond acceptors (Lipinski definition) is 3. The number of halogens is 4. The van der Waals surface area contributed by atoms with Crippen molar-refractivity contribution < 1.29 is 17.9 Å². The van der Waals surface area contributed by atoms with Gasteiger partial charge in [0.25, 0.3) is 0 Å². The highest BCUT2D eigenvalue weighted by Crippen LogP contribution is 2.26. The minimum absolute atomic E-state index is 0. The zero-order valence-corrected chi connectivity index (χ0v) is 17.0. The molecule has 0 spiro atoms. The number of rotatable bonds is 8. The zero-order chi connectivity index (χ0) is 18.0. The molecule has 9 heteroatoms. The normalized spacial score (nSPS) is 11.9. The van der Waals surface area contributed by atoms with Gasteiger partial charge in [0.05, 0.1) is 6.54 Å². The van der Waals surface area contributed by atoms with Crippen LogP contribution in [0.25, 0.3) is 0 Å². The predicted molar refractivity (Wildman–Crippen MR) is 105 cm³/mol. The molecule has 0 atom stereocenters. The molecule has 0 amide bonds. The number of hydrogen-bond donors (Lipinski definition) is 2. The van der Waals surface area contributed by atoms with E-state index in [1.165, 1.54) is 12.1 Å². The van der Waals surface area contributed by atoms with E-state index in [9.17, 15) is 13.2 Å². The minimum Gasteiger partial charge on any atom is -0.405 e. The molecule has 0 aliphatic heterocycles. The third-order valence-electron chi connectivity index (χ3n) is 3.02. The van der Waals surface area contributed by atoms with Crippen molar-refractivity contribution in [2.24, 2.45) is 4.99 Å². The molecule has 0 fully saturated rings.